The number of aromatic amines is 1. The summed E-state index contributed by atoms with van der Waals surface area (Å²) in [7, 11) is 1.58. The number of carbonyl (C=O) groups is 1. The van der Waals surface area contributed by atoms with E-state index in [1.165, 1.54) is 4.90 Å². The van der Waals surface area contributed by atoms with Crippen molar-refractivity contribution in [3.8, 4) is 5.75 Å². The fraction of sp³-hybridized carbons (Fsp3) is 0.471. The van der Waals surface area contributed by atoms with Gasteiger partial charge in [-0.25, -0.2) is 0 Å². The Labute approximate surface area is 139 Å². The second kappa shape index (κ2) is 6.80. The summed E-state index contributed by atoms with van der Waals surface area (Å²) >= 11 is 0. The Morgan fingerprint density at radius 2 is 2.21 bits per heavy atom. The maximum absolute atomic E-state index is 12.9. The van der Waals surface area contributed by atoms with E-state index in [2.05, 4.69) is 4.98 Å². The number of nitrogens with one attached hydrogen (secondary N) is 1. The number of amides is 1. The molecule has 3 atom stereocenters. The first kappa shape index (κ1) is 16.8. The number of benzene rings is 1. The molecule has 0 saturated carbocycles. The number of rotatable bonds is 4. The zero-order chi connectivity index (χ0) is 17.3. The average Bonchev–Trinajstić information content (AvgIpc) is 3.03. The van der Waals surface area contributed by atoms with Crippen LogP contribution in [0.3, 0.4) is 0 Å². The summed E-state index contributed by atoms with van der Waals surface area (Å²) in [6.07, 6.45) is -2.02. The van der Waals surface area contributed by atoms with Crippen molar-refractivity contribution in [2.45, 2.75) is 25.2 Å². The number of ether oxygens (including phenoxy) is 2. The summed E-state index contributed by atoms with van der Waals surface area (Å²) < 4.78 is 10.6. The minimum absolute atomic E-state index is 0.0764. The van der Waals surface area contributed by atoms with Crippen LogP contribution in [-0.4, -0.2) is 71.1 Å². The van der Waals surface area contributed by atoms with E-state index in [1.807, 2.05) is 25.1 Å². The maximum atomic E-state index is 12.9. The first-order valence-electron chi connectivity index (χ1n) is 7.97. The number of aliphatic hydroxyl groups excluding tert-OH is 2. The molecule has 0 bridgehead atoms. The highest BCUT2D eigenvalue weighted by atomic mass is 16.5. The zero-order valence-electron chi connectivity index (χ0n) is 13.7. The van der Waals surface area contributed by atoms with Crippen LogP contribution in [0.1, 0.15) is 17.4 Å². The van der Waals surface area contributed by atoms with Crippen LogP contribution in [0.15, 0.2) is 24.3 Å². The van der Waals surface area contributed by atoms with Gasteiger partial charge in [-0.3, -0.25) is 4.79 Å². The van der Waals surface area contributed by atoms with Crippen LogP contribution in [0.2, 0.25) is 0 Å². The number of carbonyl (C=O) groups excluding carboxylic acids is 1. The Balaban J connectivity index is 1.91. The number of aliphatic hydroxyl groups is 2. The molecule has 7 nitrogen and oxygen atoms in total. The average molecular weight is 334 g/mol. The number of H-pyrrole nitrogens is 1. The van der Waals surface area contributed by atoms with Crippen LogP contribution in [0.25, 0.3) is 10.9 Å². The molecule has 7 heteroatoms. The van der Waals surface area contributed by atoms with E-state index < -0.39 is 18.2 Å². The molecule has 1 amide bonds. The van der Waals surface area contributed by atoms with Crippen LogP contribution < -0.4 is 4.74 Å². The highest BCUT2D eigenvalue weighted by molar-refractivity contribution is 5.99. The van der Waals surface area contributed by atoms with Crippen molar-refractivity contribution in [3.63, 3.8) is 0 Å². The minimum atomic E-state index is -1.03. The first-order valence-corrected chi connectivity index (χ1v) is 7.97. The third-order valence-electron chi connectivity index (χ3n) is 4.44. The Kier molecular flexibility index (Phi) is 4.75. The molecule has 1 aromatic carbocycles. The summed E-state index contributed by atoms with van der Waals surface area (Å²) in [5.41, 5.74) is 1.21. The van der Waals surface area contributed by atoms with Crippen LogP contribution in [0, 0.1) is 0 Å². The van der Waals surface area contributed by atoms with Gasteiger partial charge in [-0.1, -0.05) is 6.07 Å². The number of nitrogens with zero attached hydrogens (tertiary/aromatic N) is 1. The summed E-state index contributed by atoms with van der Waals surface area (Å²) in [6, 6.07) is 6.70. The predicted octanol–water partition coefficient (Wildman–Crippen LogP) is 0.759. The molecular formula is C17H22N2O5. The van der Waals surface area contributed by atoms with Gasteiger partial charge in [-0.05, 0) is 25.1 Å². The minimum Gasteiger partial charge on any atom is -0.496 e. The molecule has 1 aliphatic rings. The molecular weight excluding hydrogens is 312 g/mol. The number of aromatic nitrogens is 1. The zero-order valence-corrected chi connectivity index (χ0v) is 13.7. The Morgan fingerprint density at radius 1 is 1.42 bits per heavy atom. The van der Waals surface area contributed by atoms with Crippen molar-refractivity contribution in [1.29, 1.82) is 0 Å². The van der Waals surface area contributed by atoms with Crippen LogP contribution in [0.4, 0.5) is 0 Å². The normalized spacial score (nSPS) is 24.1. The number of fused-ring (bicyclic) bond motifs is 1. The highest BCUT2D eigenvalue weighted by Crippen LogP contribution is 2.27. The van der Waals surface area contributed by atoms with E-state index in [9.17, 15) is 15.0 Å². The molecule has 1 aromatic heterocycles. The Hall–Kier alpha value is -2.09. The molecule has 3 N–H and O–H groups in total. The van der Waals surface area contributed by atoms with Gasteiger partial charge in [-0.2, -0.15) is 0 Å². The Bertz CT molecular complexity index is 729. The number of likely N-dealkylation sites (N-methyl/N-ethyl adjacent to an activating group) is 1. The van der Waals surface area contributed by atoms with Crippen molar-refractivity contribution >= 4 is 16.8 Å². The van der Waals surface area contributed by atoms with Gasteiger partial charge in [0.1, 0.15) is 23.7 Å². The topological polar surface area (TPSA) is 95.0 Å². The quantitative estimate of drug-likeness (QED) is 0.767. The first-order chi connectivity index (χ1) is 11.6. The van der Waals surface area contributed by atoms with Crippen molar-refractivity contribution in [1.82, 2.24) is 9.88 Å². The van der Waals surface area contributed by atoms with Gasteiger partial charge in [0.25, 0.3) is 5.91 Å². The van der Waals surface area contributed by atoms with Crippen molar-refractivity contribution in [2.24, 2.45) is 0 Å². The van der Waals surface area contributed by atoms with Gasteiger partial charge in [0.2, 0.25) is 0 Å². The van der Waals surface area contributed by atoms with Crippen molar-refractivity contribution in [3.05, 3.63) is 30.0 Å². The molecule has 1 aliphatic heterocycles. The van der Waals surface area contributed by atoms with E-state index in [1.54, 1.807) is 13.2 Å². The van der Waals surface area contributed by atoms with Crippen LogP contribution in [-0.2, 0) is 4.74 Å². The van der Waals surface area contributed by atoms with E-state index in [4.69, 9.17) is 9.47 Å². The second-order valence-corrected chi connectivity index (χ2v) is 5.86. The van der Waals surface area contributed by atoms with E-state index in [-0.39, 0.29) is 19.1 Å². The lowest BCUT2D eigenvalue weighted by molar-refractivity contribution is -0.125. The van der Waals surface area contributed by atoms with Gasteiger partial charge in [0.05, 0.1) is 26.4 Å². The van der Waals surface area contributed by atoms with Gasteiger partial charge < -0.3 is 29.6 Å². The molecule has 0 spiro atoms. The summed E-state index contributed by atoms with van der Waals surface area (Å²) in [5, 5.41) is 20.8. The number of hydrogen-bond acceptors (Lipinski definition) is 5. The molecule has 2 heterocycles. The second-order valence-electron chi connectivity index (χ2n) is 5.86. The fourth-order valence-electron chi connectivity index (χ4n) is 3.14. The smallest absolute Gasteiger partial charge is 0.270 e. The lowest BCUT2D eigenvalue weighted by Crippen LogP contribution is -2.57. The molecule has 0 radical (unpaired) electrons. The third-order valence-corrected chi connectivity index (χ3v) is 4.44. The molecule has 0 aliphatic carbocycles. The lowest BCUT2D eigenvalue weighted by Gasteiger charge is -2.38. The van der Waals surface area contributed by atoms with Crippen molar-refractivity contribution in [2.75, 3.05) is 26.9 Å². The monoisotopic (exact) mass is 334 g/mol. The van der Waals surface area contributed by atoms with Crippen molar-refractivity contribution < 1.29 is 24.5 Å². The third kappa shape index (κ3) is 2.86. The molecule has 130 valence electrons. The summed E-state index contributed by atoms with van der Waals surface area (Å²) in [6.45, 7) is 2.49. The SMILES string of the molecule is CCN(C(=O)c1cc2c(OC)cccc2[nH]1)[C@@H]1COC[C@@H](O)[C@H]1O. The highest BCUT2D eigenvalue weighted by Gasteiger charge is 2.37. The molecule has 0 unspecified atom stereocenters. The van der Waals surface area contributed by atoms with Gasteiger partial charge in [-0.15, -0.1) is 0 Å². The molecule has 1 saturated heterocycles. The standard InChI is InChI=1S/C17H22N2O5/c1-3-19(13-8-24-9-14(20)16(13)21)17(22)12-7-10-11(18-12)5-4-6-15(10)23-2/h4-7,13-14,16,18,20-21H,3,8-9H2,1-2H3/t13-,14-,16+/m1/s1. The number of methoxy groups -OCH3 is 1. The predicted molar refractivity (Wildman–Crippen MR) is 88.2 cm³/mol. The molecule has 3 rings (SSSR count). The largest absolute Gasteiger partial charge is 0.496 e. The fourth-order valence-corrected chi connectivity index (χ4v) is 3.14. The Morgan fingerprint density at radius 3 is 2.92 bits per heavy atom. The van der Waals surface area contributed by atoms with Gasteiger partial charge in [0, 0.05) is 17.4 Å². The summed E-state index contributed by atoms with van der Waals surface area (Å²) in [4.78, 5) is 17.5. The van der Waals surface area contributed by atoms with E-state index in [0.717, 1.165) is 10.9 Å². The van der Waals surface area contributed by atoms with Gasteiger partial charge in [0.15, 0.2) is 0 Å². The molecule has 1 fully saturated rings. The summed E-state index contributed by atoms with van der Waals surface area (Å²) in [5.74, 6) is 0.430. The van der Waals surface area contributed by atoms with Crippen LogP contribution >= 0.6 is 0 Å². The molecule has 24 heavy (non-hydrogen) atoms. The number of hydrogen-bond donors (Lipinski definition) is 3. The maximum Gasteiger partial charge on any atom is 0.270 e. The lowest BCUT2D eigenvalue weighted by atomic mass is 10.0. The van der Waals surface area contributed by atoms with E-state index >= 15 is 0 Å². The van der Waals surface area contributed by atoms with Crippen LogP contribution in [0.5, 0.6) is 5.75 Å². The van der Waals surface area contributed by atoms with E-state index in [0.29, 0.717) is 18.0 Å². The van der Waals surface area contributed by atoms with Gasteiger partial charge >= 0.3 is 0 Å². The molecule has 2 aromatic rings.